The molecule has 6 heteroatoms. The lowest BCUT2D eigenvalue weighted by Crippen LogP contribution is -1.97. The largest absolute Gasteiger partial charge is 0.338 e. The molecule has 0 saturated carbocycles. The number of hydrogen-bond acceptors (Lipinski definition) is 4. The lowest BCUT2D eigenvalue weighted by Gasteiger charge is -2.02. The smallest absolute Gasteiger partial charge is 0.240 e. The zero-order valence-corrected chi connectivity index (χ0v) is 9.79. The minimum atomic E-state index is 0.225. The molecule has 0 radical (unpaired) electrons. The molecule has 1 aromatic heterocycles. The van der Waals surface area contributed by atoms with E-state index in [0.717, 1.165) is 5.56 Å². The Hall–Kier alpha value is -1.10. The first-order chi connectivity index (χ1) is 7.70. The summed E-state index contributed by atoms with van der Waals surface area (Å²) in [6.45, 7) is 0.225. The van der Waals surface area contributed by atoms with Gasteiger partial charge in [0.2, 0.25) is 5.89 Å². The van der Waals surface area contributed by atoms with Gasteiger partial charge in [0.15, 0.2) is 5.82 Å². The lowest BCUT2D eigenvalue weighted by atomic mass is 10.1. The van der Waals surface area contributed by atoms with Crippen molar-refractivity contribution in [2.24, 2.45) is 5.73 Å². The van der Waals surface area contributed by atoms with E-state index in [0.29, 0.717) is 28.2 Å². The summed E-state index contributed by atoms with van der Waals surface area (Å²) in [5, 5.41) is 4.96. The second-order valence-corrected chi connectivity index (χ2v) is 4.00. The van der Waals surface area contributed by atoms with Gasteiger partial charge in [0.05, 0.1) is 6.54 Å². The van der Waals surface area contributed by atoms with Crippen LogP contribution in [0.3, 0.4) is 0 Å². The van der Waals surface area contributed by atoms with Gasteiger partial charge in [0, 0.05) is 16.5 Å². The van der Waals surface area contributed by atoms with Crippen LogP contribution in [0.2, 0.25) is 10.0 Å². The molecule has 0 aliphatic carbocycles. The fourth-order valence-corrected chi connectivity index (χ4v) is 1.84. The summed E-state index contributed by atoms with van der Waals surface area (Å²) in [5.74, 6) is 0.925. The van der Waals surface area contributed by atoms with E-state index in [4.69, 9.17) is 33.5 Å². The highest BCUT2D eigenvalue weighted by Gasteiger charge is 2.11. The van der Waals surface area contributed by atoms with Crippen molar-refractivity contribution in [3.05, 3.63) is 45.5 Å². The first-order valence-corrected chi connectivity index (χ1v) is 5.40. The Kier molecular flexibility index (Phi) is 3.43. The second kappa shape index (κ2) is 4.82. The molecule has 84 valence electrons. The summed E-state index contributed by atoms with van der Waals surface area (Å²) in [4.78, 5) is 4.09. The van der Waals surface area contributed by atoms with Crippen LogP contribution in [0.5, 0.6) is 0 Å². The number of nitrogens with zero attached hydrogens (tertiary/aromatic N) is 2. The Morgan fingerprint density at radius 3 is 2.50 bits per heavy atom. The van der Waals surface area contributed by atoms with Crippen molar-refractivity contribution in [2.75, 3.05) is 0 Å². The van der Waals surface area contributed by atoms with Crippen LogP contribution in [0.25, 0.3) is 0 Å². The van der Waals surface area contributed by atoms with Gasteiger partial charge >= 0.3 is 0 Å². The van der Waals surface area contributed by atoms with Gasteiger partial charge in [-0.1, -0.05) is 34.4 Å². The molecule has 2 N–H and O–H groups in total. The molecule has 0 aliphatic rings. The minimum absolute atomic E-state index is 0.225. The fraction of sp³-hybridized carbons (Fsp3) is 0.200. The summed E-state index contributed by atoms with van der Waals surface area (Å²) < 4.78 is 4.89. The quantitative estimate of drug-likeness (QED) is 0.918. The van der Waals surface area contributed by atoms with Gasteiger partial charge in [-0.2, -0.15) is 4.98 Å². The van der Waals surface area contributed by atoms with E-state index >= 15 is 0 Å². The van der Waals surface area contributed by atoms with Crippen LogP contribution in [0, 0.1) is 0 Å². The molecule has 0 amide bonds. The van der Waals surface area contributed by atoms with Gasteiger partial charge in [0.25, 0.3) is 0 Å². The van der Waals surface area contributed by atoms with Crippen molar-refractivity contribution in [1.82, 2.24) is 10.1 Å². The average molecular weight is 258 g/mol. The van der Waals surface area contributed by atoms with E-state index in [1.54, 1.807) is 18.2 Å². The summed E-state index contributed by atoms with van der Waals surface area (Å²) in [7, 11) is 0. The zero-order chi connectivity index (χ0) is 11.5. The highest BCUT2D eigenvalue weighted by molar-refractivity contribution is 6.36. The molecule has 0 aliphatic heterocycles. The molecule has 1 aromatic carbocycles. The van der Waals surface area contributed by atoms with Gasteiger partial charge in [-0.15, -0.1) is 0 Å². The Balaban J connectivity index is 2.26. The Morgan fingerprint density at radius 1 is 1.25 bits per heavy atom. The molecule has 2 aromatic rings. The highest BCUT2D eigenvalue weighted by Crippen LogP contribution is 2.25. The van der Waals surface area contributed by atoms with E-state index in [1.165, 1.54) is 0 Å². The van der Waals surface area contributed by atoms with Gasteiger partial charge in [0.1, 0.15) is 0 Å². The number of rotatable bonds is 3. The maximum Gasteiger partial charge on any atom is 0.240 e. The summed E-state index contributed by atoms with van der Waals surface area (Å²) in [5.41, 5.74) is 6.16. The molecule has 0 atom stereocenters. The molecular formula is C10H9Cl2N3O. The van der Waals surface area contributed by atoms with Crippen LogP contribution in [-0.4, -0.2) is 10.1 Å². The van der Waals surface area contributed by atoms with Gasteiger partial charge in [-0.25, -0.2) is 0 Å². The zero-order valence-electron chi connectivity index (χ0n) is 8.28. The van der Waals surface area contributed by atoms with E-state index in [-0.39, 0.29) is 6.54 Å². The summed E-state index contributed by atoms with van der Waals surface area (Å²) in [6.07, 6.45) is 0.433. The third kappa shape index (κ3) is 2.35. The first kappa shape index (κ1) is 11.4. The van der Waals surface area contributed by atoms with E-state index in [2.05, 4.69) is 10.1 Å². The predicted octanol–water partition coefficient (Wildman–Crippen LogP) is 2.43. The summed E-state index contributed by atoms with van der Waals surface area (Å²) in [6, 6.07) is 5.33. The Labute approximate surface area is 102 Å². The third-order valence-corrected chi connectivity index (χ3v) is 2.79. The maximum absolute atomic E-state index is 6.02. The van der Waals surface area contributed by atoms with Gasteiger partial charge in [-0.05, 0) is 17.7 Å². The molecule has 0 saturated heterocycles. The molecule has 1 heterocycles. The van der Waals surface area contributed by atoms with Crippen LogP contribution in [0.4, 0.5) is 0 Å². The first-order valence-electron chi connectivity index (χ1n) is 4.65. The molecule has 0 unspecified atom stereocenters. The van der Waals surface area contributed by atoms with Crippen LogP contribution < -0.4 is 5.73 Å². The lowest BCUT2D eigenvalue weighted by molar-refractivity contribution is 0.375. The van der Waals surface area contributed by atoms with Crippen molar-refractivity contribution in [3.8, 4) is 0 Å². The molecule has 0 bridgehead atoms. The fourth-order valence-electron chi connectivity index (χ4n) is 1.30. The van der Waals surface area contributed by atoms with Crippen LogP contribution in [0.15, 0.2) is 22.7 Å². The van der Waals surface area contributed by atoms with Crippen molar-refractivity contribution in [1.29, 1.82) is 0 Å². The Bertz CT molecular complexity index is 478. The molecule has 0 fully saturated rings. The second-order valence-electron chi connectivity index (χ2n) is 3.19. The van der Waals surface area contributed by atoms with Crippen molar-refractivity contribution >= 4 is 23.2 Å². The van der Waals surface area contributed by atoms with Crippen molar-refractivity contribution in [3.63, 3.8) is 0 Å². The standard InChI is InChI=1S/C10H9Cl2N3O/c11-7-2-1-3-8(12)6(7)4-9-14-10(5-13)16-15-9/h1-3H,4-5,13H2. The van der Waals surface area contributed by atoms with Gasteiger partial charge in [-0.3, -0.25) is 0 Å². The van der Waals surface area contributed by atoms with Gasteiger partial charge < -0.3 is 10.3 Å². The van der Waals surface area contributed by atoms with Crippen LogP contribution in [-0.2, 0) is 13.0 Å². The van der Waals surface area contributed by atoms with Crippen molar-refractivity contribution < 1.29 is 4.52 Å². The topological polar surface area (TPSA) is 64.9 Å². The average Bonchev–Trinajstić information content (AvgIpc) is 2.71. The number of benzene rings is 1. The van der Waals surface area contributed by atoms with E-state index in [9.17, 15) is 0 Å². The van der Waals surface area contributed by atoms with Crippen LogP contribution >= 0.6 is 23.2 Å². The number of aromatic nitrogens is 2. The molecule has 4 nitrogen and oxygen atoms in total. The SMILES string of the molecule is NCc1nc(Cc2c(Cl)cccc2Cl)no1. The van der Waals surface area contributed by atoms with E-state index < -0.39 is 0 Å². The number of hydrogen-bond donors (Lipinski definition) is 1. The molecule has 0 spiro atoms. The maximum atomic E-state index is 6.02. The highest BCUT2D eigenvalue weighted by atomic mass is 35.5. The molecular weight excluding hydrogens is 249 g/mol. The monoisotopic (exact) mass is 257 g/mol. The molecule has 2 rings (SSSR count). The number of nitrogens with two attached hydrogens (primary N) is 1. The Morgan fingerprint density at radius 2 is 1.94 bits per heavy atom. The van der Waals surface area contributed by atoms with Crippen LogP contribution in [0.1, 0.15) is 17.3 Å². The van der Waals surface area contributed by atoms with Crippen molar-refractivity contribution in [2.45, 2.75) is 13.0 Å². The normalized spacial score (nSPS) is 10.7. The third-order valence-electron chi connectivity index (χ3n) is 2.08. The minimum Gasteiger partial charge on any atom is -0.338 e. The van der Waals surface area contributed by atoms with E-state index in [1.807, 2.05) is 0 Å². The number of halogens is 2. The predicted molar refractivity (Wildman–Crippen MR) is 61.5 cm³/mol. The summed E-state index contributed by atoms with van der Waals surface area (Å²) >= 11 is 12.0. The molecule has 16 heavy (non-hydrogen) atoms.